The molecule has 1 fully saturated rings. The standard InChI is InChI=1S/C15H13FN2OS/c16-11-4-2-1-3-10(11)14(19)13-15(9-5-6-9)20-12-7-17-8-18(12)13/h1-4,7-9,14,19H,5-6H2. The summed E-state index contributed by atoms with van der Waals surface area (Å²) in [7, 11) is 0. The highest BCUT2D eigenvalue weighted by atomic mass is 32.1. The molecule has 0 radical (unpaired) electrons. The Labute approximate surface area is 119 Å². The number of fused-ring (bicyclic) bond motifs is 1. The molecule has 0 saturated heterocycles. The predicted molar refractivity (Wildman–Crippen MR) is 75.5 cm³/mol. The zero-order valence-electron chi connectivity index (χ0n) is 10.7. The predicted octanol–water partition coefficient (Wildman–Crippen LogP) is 3.49. The quantitative estimate of drug-likeness (QED) is 0.801. The third-order valence-electron chi connectivity index (χ3n) is 3.74. The number of hydrogen-bond acceptors (Lipinski definition) is 3. The molecular formula is C15H13FN2OS. The van der Waals surface area contributed by atoms with Crippen LogP contribution in [-0.2, 0) is 0 Å². The summed E-state index contributed by atoms with van der Waals surface area (Å²) < 4.78 is 15.8. The van der Waals surface area contributed by atoms with Gasteiger partial charge >= 0.3 is 0 Å². The van der Waals surface area contributed by atoms with Crippen LogP contribution in [0, 0.1) is 5.82 Å². The number of hydrogen-bond donors (Lipinski definition) is 1. The second-order valence-electron chi connectivity index (χ2n) is 5.15. The highest BCUT2D eigenvalue weighted by Crippen LogP contribution is 2.47. The number of nitrogens with zero attached hydrogens (tertiary/aromatic N) is 2. The van der Waals surface area contributed by atoms with Crippen molar-refractivity contribution in [2.45, 2.75) is 24.9 Å². The smallest absolute Gasteiger partial charge is 0.129 e. The van der Waals surface area contributed by atoms with Crippen molar-refractivity contribution < 1.29 is 9.50 Å². The molecule has 1 aromatic carbocycles. The molecule has 0 amide bonds. The number of benzene rings is 1. The van der Waals surface area contributed by atoms with Crippen molar-refractivity contribution in [2.75, 3.05) is 0 Å². The number of halogens is 1. The first-order valence-corrected chi connectivity index (χ1v) is 7.44. The number of aromatic nitrogens is 2. The van der Waals surface area contributed by atoms with Crippen molar-refractivity contribution in [1.82, 2.24) is 9.38 Å². The lowest BCUT2D eigenvalue weighted by Gasteiger charge is -2.13. The Morgan fingerprint density at radius 2 is 2.15 bits per heavy atom. The number of aliphatic hydroxyl groups excluding tert-OH is 1. The first-order chi connectivity index (χ1) is 9.75. The van der Waals surface area contributed by atoms with Crippen LogP contribution in [0.2, 0.25) is 0 Å². The number of aliphatic hydroxyl groups is 1. The molecule has 2 heterocycles. The molecule has 0 aliphatic heterocycles. The highest BCUT2D eigenvalue weighted by molar-refractivity contribution is 7.17. The molecule has 0 spiro atoms. The summed E-state index contributed by atoms with van der Waals surface area (Å²) in [6.07, 6.45) is 4.82. The van der Waals surface area contributed by atoms with Crippen molar-refractivity contribution in [2.24, 2.45) is 0 Å². The summed E-state index contributed by atoms with van der Waals surface area (Å²) in [5.74, 6) is 0.137. The van der Waals surface area contributed by atoms with E-state index in [-0.39, 0.29) is 5.82 Å². The molecule has 102 valence electrons. The van der Waals surface area contributed by atoms with Crippen LogP contribution in [0.1, 0.15) is 41.0 Å². The van der Waals surface area contributed by atoms with Crippen LogP contribution < -0.4 is 0 Å². The molecule has 1 atom stereocenters. The van der Waals surface area contributed by atoms with Gasteiger partial charge in [0.05, 0.1) is 11.9 Å². The Kier molecular flexibility index (Phi) is 2.65. The molecular weight excluding hydrogens is 275 g/mol. The van der Waals surface area contributed by atoms with Crippen molar-refractivity contribution in [3.05, 3.63) is 58.7 Å². The lowest BCUT2D eigenvalue weighted by molar-refractivity contribution is 0.208. The van der Waals surface area contributed by atoms with Gasteiger partial charge in [0.25, 0.3) is 0 Å². The Hall–Kier alpha value is -1.72. The Balaban J connectivity index is 1.90. The van der Waals surface area contributed by atoms with E-state index in [1.807, 2.05) is 4.40 Å². The number of imidazole rings is 1. The first-order valence-electron chi connectivity index (χ1n) is 6.63. The van der Waals surface area contributed by atoms with Gasteiger partial charge in [0.15, 0.2) is 0 Å². The normalized spacial score (nSPS) is 16.7. The molecule has 1 unspecified atom stereocenters. The zero-order valence-corrected chi connectivity index (χ0v) is 11.5. The van der Waals surface area contributed by atoms with Crippen LogP contribution in [0.5, 0.6) is 0 Å². The van der Waals surface area contributed by atoms with Gasteiger partial charge in [-0.25, -0.2) is 9.37 Å². The van der Waals surface area contributed by atoms with Crippen LogP contribution in [-0.4, -0.2) is 14.5 Å². The second kappa shape index (κ2) is 4.40. The second-order valence-corrected chi connectivity index (χ2v) is 6.21. The van der Waals surface area contributed by atoms with E-state index in [4.69, 9.17) is 0 Å². The molecule has 3 aromatic rings. The third kappa shape index (κ3) is 1.77. The van der Waals surface area contributed by atoms with E-state index in [1.165, 1.54) is 6.07 Å². The number of rotatable bonds is 3. The maximum absolute atomic E-state index is 13.9. The van der Waals surface area contributed by atoms with Crippen molar-refractivity contribution in [1.29, 1.82) is 0 Å². The lowest BCUT2D eigenvalue weighted by atomic mass is 10.0. The largest absolute Gasteiger partial charge is 0.382 e. The molecule has 5 heteroatoms. The molecule has 1 N–H and O–H groups in total. The molecule has 0 bridgehead atoms. The summed E-state index contributed by atoms with van der Waals surface area (Å²) >= 11 is 1.65. The summed E-state index contributed by atoms with van der Waals surface area (Å²) in [4.78, 5) is 6.27. The van der Waals surface area contributed by atoms with Gasteiger partial charge in [-0.15, -0.1) is 11.3 Å². The molecule has 1 saturated carbocycles. The van der Waals surface area contributed by atoms with Gasteiger partial charge in [0.2, 0.25) is 0 Å². The van der Waals surface area contributed by atoms with E-state index in [0.717, 1.165) is 28.2 Å². The minimum absolute atomic E-state index is 0.322. The minimum Gasteiger partial charge on any atom is -0.382 e. The Morgan fingerprint density at radius 3 is 2.90 bits per heavy atom. The fourth-order valence-electron chi connectivity index (χ4n) is 2.57. The topological polar surface area (TPSA) is 37.5 Å². The van der Waals surface area contributed by atoms with Crippen LogP contribution in [0.15, 0.2) is 36.8 Å². The van der Waals surface area contributed by atoms with E-state index in [0.29, 0.717) is 11.5 Å². The monoisotopic (exact) mass is 288 g/mol. The van der Waals surface area contributed by atoms with Crippen molar-refractivity contribution >= 4 is 16.2 Å². The first kappa shape index (κ1) is 12.1. The molecule has 1 aliphatic carbocycles. The summed E-state index contributed by atoms with van der Waals surface area (Å²) in [6, 6.07) is 6.40. The maximum atomic E-state index is 13.9. The van der Waals surface area contributed by atoms with Gasteiger partial charge in [-0.1, -0.05) is 18.2 Å². The van der Waals surface area contributed by atoms with Gasteiger partial charge in [0, 0.05) is 10.4 Å². The van der Waals surface area contributed by atoms with Gasteiger partial charge in [0.1, 0.15) is 23.1 Å². The maximum Gasteiger partial charge on any atom is 0.129 e. The van der Waals surface area contributed by atoms with Crippen LogP contribution in [0.25, 0.3) is 4.83 Å². The van der Waals surface area contributed by atoms with E-state index >= 15 is 0 Å². The third-order valence-corrected chi connectivity index (χ3v) is 5.01. The fraction of sp³-hybridized carbons (Fsp3) is 0.267. The lowest BCUT2D eigenvalue weighted by Crippen LogP contribution is -2.07. The van der Waals surface area contributed by atoms with Crippen LogP contribution >= 0.6 is 11.3 Å². The Morgan fingerprint density at radius 1 is 1.35 bits per heavy atom. The molecule has 20 heavy (non-hydrogen) atoms. The van der Waals surface area contributed by atoms with Gasteiger partial charge in [-0.3, -0.25) is 4.40 Å². The fourth-order valence-corrected chi connectivity index (χ4v) is 3.87. The molecule has 3 nitrogen and oxygen atoms in total. The van der Waals surface area contributed by atoms with Gasteiger partial charge < -0.3 is 5.11 Å². The van der Waals surface area contributed by atoms with Crippen molar-refractivity contribution in [3.8, 4) is 0 Å². The molecule has 2 aromatic heterocycles. The minimum atomic E-state index is -0.949. The van der Waals surface area contributed by atoms with Gasteiger partial charge in [-0.05, 0) is 24.8 Å². The Bertz CT molecular complexity index is 775. The van der Waals surface area contributed by atoms with Gasteiger partial charge in [-0.2, -0.15) is 0 Å². The molecule has 1 aliphatic rings. The summed E-state index contributed by atoms with van der Waals surface area (Å²) in [6.45, 7) is 0. The van der Waals surface area contributed by atoms with E-state index in [2.05, 4.69) is 4.98 Å². The average molecular weight is 288 g/mol. The van der Waals surface area contributed by atoms with Crippen LogP contribution in [0.3, 0.4) is 0 Å². The van der Waals surface area contributed by atoms with E-state index in [9.17, 15) is 9.50 Å². The zero-order chi connectivity index (χ0) is 13.7. The average Bonchev–Trinajstić information content (AvgIpc) is 3.08. The van der Waals surface area contributed by atoms with E-state index in [1.54, 1.807) is 42.1 Å². The molecule has 4 rings (SSSR count). The summed E-state index contributed by atoms with van der Waals surface area (Å²) in [5.41, 5.74) is 1.10. The summed E-state index contributed by atoms with van der Waals surface area (Å²) in [5, 5.41) is 10.7. The highest BCUT2D eigenvalue weighted by Gasteiger charge is 2.33. The number of thiazole rings is 1. The van der Waals surface area contributed by atoms with E-state index < -0.39 is 6.10 Å². The SMILES string of the molecule is OC(c1ccccc1F)c1c(C2CC2)sc2cncn12. The van der Waals surface area contributed by atoms with Crippen LogP contribution in [0.4, 0.5) is 4.39 Å². The van der Waals surface area contributed by atoms with Crippen molar-refractivity contribution in [3.63, 3.8) is 0 Å².